The number of nitrogens with zero attached hydrogens (tertiary/aromatic N) is 4. The minimum absolute atomic E-state index is 0. The zero-order chi connectivity index (χ0) is 13.0. The van der Waals surface area contributed by atoms with Gasteiger partial charge in [-0.1, -0.05) is 36.8 Å². The van der Waals surface area contributed by atoms with Crippen LogP contribution in [0, 0.1) is 6.92 Å². The molecular weight excluding hydrogens is 299 g/mol. The third-order valence-corrected chi connectivity index (χ3v) is 2.54. The van der Waals surface area contributed by atoms with Crippen LogP contribution in [-0.2, 0) is 6.42 Å². The summed E-state index contributed by atoms with van der Waals surface area (Å²) in [6.45, 7) is 4.01. The van der Waals surface area contributed by atoms with Gasteiger partial charge in [0.1, 0.15) is 0 Å². The van der Waals surface area contributed by atoms with E-state index >= 15 is 0 Å². The Balaban J connectivity index is 0.00000180. The van der Waals surface area contributed by atoms with Gasteiger partial charge in [0.15, 0.2) is 5.82 Å². The van der Waals surface area contributed by atoms with Gasteiger partial charge in [-0.15, -0.1) is 35.0 Å². The van der Waals surface area contributed by atoms with E-state index in [0.717, 1.165) is 12.0 Å². The second-order valence-corrected chi connectivity index (χ2v) is 3.94. The zero-order valence-electron chi connectivity index (χ0n) is 11.3. The van der Waals surface area contributed by atoms with Crippen LogP contribution in [-0.4, -0.2) is 21.1 Å². The van der Waals surface area contributed by atoms with Crippen molar-refractivity contribution in [3.8, 4) is 0 Å². The summed E-state index contributed by atoms with van der Waals surface area (Å²) in [5.74, 6) is 6.91. The van der Waals surface area contributed by atoms with E-state index in [2.05, 4.69) is 20.7 Å². The Hall–Kier alpha value is -1.79. The molecule has 1 aromatic carbocycles. The van der Waals surface area contributed by atoms with E-state index in [9.17, 15) is 0 Å². The molecule has 0 radical (unpaired) electrons. The molecule has 20 heavy (non-hydrogen) atoms. The largest absolute Gasteiger partial charge is 0.335 e. The van der Waals surface area contributed by atoms with Crippen molar-refractivity contribution in [1.29, 1.82) is 0 Å². The van der Waals surface area contributed by atoms with Gasteiger partial charge in [-0.05, 0) is 12.5 Å². The second kappa shape index (κ2) is 8.39. The summed E-state index contributed by atoms with van der Waals surface area (Å²) in [5, 5.41) is 11.9. The van der Waals surface area contributed by atoms with Crippen molar-refractivity contribution >= 4 is 37.0 Å². The number of nitrogens with two attached hydrogens (primary N) is 1. The van der Waals surface area contributed by atoms with E-state index in [1.54, 1.807) is 6.21 Å². The fourth-order valence-corrected chi connectivity index (χ4v) is 1.46. The van der Waals surface area contributed by atoms with Gasteiger partial charge < -0.3 is 5.84 Å². The Morgan fingerprint density at radius 3 is 2.45 bits per heavy atom. The lowest BCUT2D eigenvalue weighted by atomic mass is 10.2. The molecule has 1 aromatic heterocycles. The second-order valence-electron chi connectivity index (χ2n) is 3.94. The minimum atomic E-state index is 0. The topological polar surface area (TPSA) is 81.1 Å². The summed E-state index contributed by atoms with van der Waals surface area (Å²) in [6.07, 6.45) is 2.44. The predicted octanol–water partition coefficient (Wildman–Crippen LogP) is 2.15. The number of rotatable bonds is 4. The molecule has 0 saturated heterocycles. The van der Waals surface area contributed by atoms with Crippen molar-refractivity contribution in [3.63, 3.8) is 0 Å². The average molecular weight is 317 g/mol. The number of aromatic nitrogens is 3. The van der Waals surface area contributed by atoms with Crippen LogP contribution >= 0.6 is 24.8 Å². The van der Waals surface area contributed by atoms with Gasteiger partial charge in [-0.25, -0.2) is 10.1 Å². The van der Waals surface area contributed by atoms with Gasteiger partial charge in [0.05, 0.1) is 6.21 Å². The molecule has 0 saturated carbocycles. The van der Waals surface area contributed by atoms with E-state index in [1.165, 1.54) is 10.2 Å². The van der Waals surface area contributed by atoms with Crippen molar-refractivity contribution in [2.24, 2.45) is 5.10 Å². The average Bonchev–Trinajstić information content (AvgIpc) is 2.73. The molecule has 0 atom stereocenters. The molecule has 6 nitrogen and oxygen atoms in total. The van der Waals surface area contributed by atoms with E-state index in [0.29, 0.717) is 11.8 Å². The van der Waals surface area contributed by atoms with Crippen LogP contribution in [0.5, 0.6) is 0 Å². The third kappa shape index (κ3) is 4.40. The maximum atomic E-state index is 5.77. The fourth-order valence-electron chi connectivity index (χ4n) is 1.46. The van der Waals surface area contributed by atoms with Crippen LogP contribution < -0.4 is 11.3 Å². The highest BCUT2D eigenvalue weighted by Gasteiger charge is 2.05. The summed E-state index contributed by atoms with van der Waals surface area (Å²) in [7, 11) is 0. The Morgan fingerprint density at radius 2 is 1.90 bits per heavy atom. The van der Waals surface area contributed by atoms with E-state index in [1.807, 2.05) is 38.1 Å². The zero-order valence-corrected chi connectivity index (χ0v) is 12.9. The Bertz CT molecular complexity index is 550. The van der Waals surface area contributed by atoms with Crippen molar-refractivity contribution < 1.29 is 0 Å². The van der Waals surface area contributed by atoms with Crippen LogP contribution in [0.1, 0.15) is 23.9 Å². The summed E-state index contributed by atoms with van der Waals surface area (Å²) in [6, 6.07) is 8.04. The highest BCUT2D eigenvalue weighted by molar-refractivity contribution is 5.85. The molecule has 0 spiro atoms. The number of nitrogen functional groups attached to an aromatic ring is 1. The lowest BCUT2D eigenvalue weighted by molar-refractivity contribution is 0.855. The quantitative estimate of drug-likeness (QED) is 0.514. The molecule has 110 valence electrons. The summed E-state index contributed by atoms with van der Waals surface area (Å²) < 4.78 is 1.40. The number of hydrogen-bond acceptors (Lipinski definition) is 5. The van der Waals surface area contributed by atoms with Gasteiger partial charge in [0, 0.05) is 6.42 Å². The number of halogens is 2. The van der Waals surface area contributed by atoms with E-state index in [-0.39, 0.29) is 24.8 Å². The summed E-state index contributed by atoms with van der Waals surface area (Å²) >= 11 is 0. The van der Waals surface area contributed by atoms with Crippen molar-refractivity contribution in [2.75, 3.05) is 11.3 Å². The molecular formula is C12H18Cl2N6. The molecule has 8 heteroatoms. The summed E-state index contributed by atoms with van der Waals surface area (Å²) in [4.78, 5) is 0. The Labute approximate surface area is 130 Å². The monoisotopic (exact) mass is 316 g/mol. The smallest absolute Gasteiger partial charge is 0.263 e. The highest BCUT2D eigenvalue weighted by atomic mass is 35.5. The first kappa shape index (κ1) is 18.2. The van der Waals surface area contributed by atoms with Gasteiger partial charge in [-0.3, -0.25) is 0 Å². The van der Waals surface area contributed by atoms with Crippen LogP contribution in [0.15, 0.2) is 29.4 Å². The van der Waals surface area contributed by atoms with Crippen LogP contribution in [0.2, 0.25) is 0 Å². The molecule has 0 bridgehead atoms. The van der Waals surface area contributed by atoms with Gasteiger partial charge in [0.25, 0.3) is 5.95 Å². The first-order valence-electron chi connectivity index (χ1n) is 5.76. The number of benzene rings is 1. The molecule has 0 unspecified atom stereocenters. The predicted molar refractivity (Wildman–Crippen MR) is 86.4 cm³/mol. The number of hydrogen-bond donors (Lipinski definition) is 2. The fraction of sp³-hybridized carbons (Fsp3) is 0.250. The first-order chi connectivity index (χ1) is 8.70. The van der Waals surface area contributed by atoms with E-state index < -0.39 is 0 Å². The molecule has 0 aliphatic heterocycles. The Kier molecular flexibility index (Phi) is 7.64. The van der Waals surface area contributed by atoms with Gasteiger partial charge in [-0.2, -0.15) is 5.10 Å². The van der Waals surface area contributed by atoms with Gasteiger partial charge in [0.2, 0.25) is 0 Å². The normalized spacial score (nSPS) is 9.90. The lowest BCUT2D eigenvalue weighted by Gasteiger charge is -2.00. The SMILES string of the molecule is CCc1nnc(NN=Cc2ccc(C)cc2)n1N.Cl.Cl. The Morgan fingerprint density at radius 1 is 1.25 bits per heavy atom. The van der Waals surface area contributed by atoms with Crippen molar-refractivity contribution in [2.45, 2.75) is 20.3 Å². The molecule has 0 amide bonds. The number of nitrogens with one attached hydrogen (secondary N) is 1. The number of aryl methyl sites for hydroxylation is 2. The van der Waals surface area contributed by atoms with Crippen LogP contribution in [0.4, 0.5) is 5.95 Å². The van der Waals surface area contributed by atoms with Crippen molar-refractivity contribution in [3.05, 3.63) is 41.2 Å². The van der Waals surface area contributed by atoms with Crippen LogP contribution in [0.25, 0.3) is 0 Å². The maximum absolute atomic E-state index is 5.77. The standard InChI is InChI=1S/C12H16N6.2ClH/c1-3-11-15-17-12(18(11)13)16-14-8-10-6-4-9(2)5-7-10;;/h4-8H,3,13H2,1-2H3,(H,16,17);2*1H. The molecule has 0 aliphatic carbocycles. The molecule has 2 rings (SSSR count). The van der Waals surface area contributed by atoms with Crippen LogP contribution in [0.3, 0.4) is 0 Å². The third-order valence-electron chi connectivity index (χ3n) is 2.54. The molecule has 0 fully saturated rings. The number of hydrazone groups is 1. The molecule has 1 heterocycles. The van der Waals surface area contributed by atoms with Gasteiger partial charge >= 0.3 is 0 Å². The lowest BCUT2D eigenvalue weighted by Crippen LogP contribution is -2.14. The molecule has 0 aliphatic rings. The first-order valence-corrected chi connectivity index (χ1v) is 5.76. The minimum Gasteiger partial charge on any atom is -0.335 e. The summed E-state index contributed by atoms with van der Waals surface area (Å²) in [5.41, 5.74) is 4.99. The maximum Gasteiger partial charge on any atom is 0.263 e. The molecule has 3 N–H and O–H groups in total. The highest BCUT2D eigenvalue weighted by Crippen LogP contribution is 2.04. The molecule has 2 aromatic rings. The number of anilines is 1. The van der Waals surface area contributed by atoms with Crippen molar-refractivity contribution in [1.82, 2.24) is 14.9 Å². The van der Waals surface area contributed by atoms with E-state index in [4.69, 9.17) is 5.84 Å².